The molecular formula is C38H24N2O2. The van der Waals surface area contributed by atoms with Crippen LogP contribution in [0.25, 0.3) is 71.7 Å². The molecule has 9 aromatic rings. The minimum Gasteiger partial charge on any atom is -0.454 e. The number of rotatable bonds is 4. The van der Waals surface area contributed by atoms with Crippen LogP contribution in [-0.4, -0.2) is 4.57 Å². The van der Waals surface area contributed by atoms with Crippen molar-refractivity contribution in [3.05, 3.63) is 140 Å². The Hall–Kier alpha value is -5.74. The van der Waals surface area contributed by atoms with Crippen molar-refractivity contribution in [3.63, 3.8) is 0 Å². The van der Waals surface area contributed by atoms with Crippen LogP contribution >= 0.6 is 0 Å². The zero-order valence-electron chi connectivity index (χ0n) is 22.5. The molecule has 9 rings (SSSR count). The van der Waals surface area contributed by atoms with Crippen LogP contribution in [0.2, 0.25) is 0 Å². The molecule has 0 fully saturated rings. The molecule has 1 N–H and O–H groups in total. The lowest BCUT2D eigenvalue weighted by atomic mass is 9.99. The molecule has 3 aromatic heterocycles. The maximum atomic E-state index is 6.59. The van der Waals surface area contributed by atoms with Gasteiger partial charge in [-0.25, -0.2) is 0 Å². The lowest BCUT2D eigenvalue weighted by molar-refractivity contribution is 0.645. The van der Waals surface area contributed by atoms with Gasteiger partial charge < -0.3 is 14.2 Å². The van der Waals surface area contributed by atoms with Crippen molar-refractivity contribution >= 4 is 66.3 Å². The Balaban J connectivity index is 1.17. The van der Waals surface area contributed by atoms with E-state index in [1.54, 1.807) is 0 Å². The van der Waals surface area contributed by atoms with Crippen LogP contribution in [0.15, 0.2) is 148 Å². The number of anilines is 2. The van der Waals surface area contributed by atoms with Crippen LogP contribution in [0, 0.1) is 0 Å². The van der Waals surface area contributed by atoms with Gasteiger partial charge in [-0.2, -0.15) is 0 Å². The molecule has 0 amide bonds. The highest BCUT2D eigenvalue weighted by Crippen LogP contribution is 2.43. The van der Waals surface area contributed by atoms with Crippen molar-refractivity contribution in [2.45, 2.75) is 0 Å². The highest BCUT2D eigenvalue weighted by Gasteiger charge is 2.21. The van der Waals surface area contributed by atoms with E-state index in [9.17, 15) is 0 Å². The van der Waals surface area contributed by atoms with Gasteiger partial charge in [0.05, 0.1) is 16.6 Å². The van der Waals surface area contributed by atoms with E-state index in [0.29, 0.717) is 0 Å². The molecule has 4 heteroatoms. The van der Waals surface area contributed by atoms with E-state index in [4.69, 9.17) is 8.83 Å². The normalized spacial score (nSPS) is 11.8. The average Bonchev–Trinajstić information content (AvgIpc) is 3.71. The second-order valence-corrected chi connectivity index (χ2v) is 10.6. The van der Waals surface area contributed by atoms with Gasteiger partial charge in [0, 0.05) is 32.9 Å². The van der Waals surface area contributed by atoms with Crippen molar-refractivity contribution in [1.82, 2.24) is 4.57 Å². The minimum atomic E-state index is 0.863. The molecule has 4 nitrogen and oxygen atoms in total. The summed E-state index contributed by atoms with van der Waals surface area (Å²) >= 11 is 0. The molecule has 0 aliphatic carbocycles. The number of para-hydroxylation sites is 4. The molecule has 3 heterocycles. The molecule has 0 saturated heterocycles. The summed E-state index contributed by atoms with van der Waals surface area (Å²) in [6, 6.07) is 48.3. The van der Waals surface area contributed by atoms with Gasteiger partial charge in [0.25, 0.3) is 0 Å². The highest BCUT2D eigenvalue weighted by molar-refractivity contribution is 6.23. The Kier molecular flexibility index (Phi) is 4.87. The monoisotopic (exact) mass is 540 g/mol. The van der Waals surface area contributed by atoms with Gasteiger partial charge in [-0.05, 0) is 59.7 Å². The van der Waals surface area contributed by atoms with Crippen molar-refractivity contribution in [2.75, 3.05) is 5.32 Å². The first-order valence-electron chi connectivity index (χ1n) is 14.1. The predicted octanol–water partition coefficient (Wildman–Crippen LogP) is 10.8. The fourth-order valence-electron chi connectivity index (χ4n) is 6.34. The second-order valence-electron chi connectivity index (χ2n) is 10.6. The number of nitrogens with zero attached hydrogens (tertiary/aromatic N) is 1. The van der Waals surface area contributed by atoms with E-state index in [1.165, 1.54) is 5.39 Å². The first-order valence-corrected chi connectivity index (χ1v) is 14.1. The molecule has 0 unspecified atom stereocenters. The summed E-state index contributed by atoms with van der Waals surface area (Å²) in [6.45, 7) is 0. The molecule has 0 bridgehead atoms. The van der Waals surface area contributed by atoms with E-state index in [0.717, 1.165) is 77.7 Å². The summed E-state index contributed by atoms with van der Waals surface area (Å²) in [5.41, 5.74) is 9.94. The number of fused-ring (bicyclic) bond motifs is 8. The van der Waals surface area contributed by atoms with E-state index in [1.807, 2.05) is 24.3 Å². The SMILES string of the molecule is c1ccc(-n2c3ccccc3c3c4c(-c5ccc(Nc6cccc7c6oc6ccccc67)cc5)cccc4oc32)cc1. The summed E-state index contributed by atoms with van der Waals surface area (Å²) < 4.78 is 15.0. The smallest absolute Gasteiger partial charge is 0.213 e. The van der Waals surface area contributed by atoms with E-state index in [-0.39, 0.29) is 0 Å². The lowest BCUT2D eigenvalue weighted by Gasteiger charge is -2.09. The first kappa shape index (κ1) is 23.0. The van der Waals surface area contributed by atoms with Crippen LogP contribution in [0.3, 0.4) is 0 Å². The number of hydrogen-bond donors (Lipinski definition) is 1. The molecule has 0 saturated carbocycles. The van der Waals surface area contributed by atoms with E-state index >= 15 is 0 Å². The van der Waals surface area contributed by atoms with Gasteiger partial charge in [0.15, 0.2) is 5.58 Å². The zero-order chi connectivity index (χ0) is 27.6. The predicted molar refractivity (Wildman–Crippen MR) is 173 cm³/mol. The molecule has 6 aromatic carbocycles. The summed E-state index contributed by atoms with van der Waals surface area (Å²) in [5, 5.41) is 9.26. The van der Waals surface area contributed by atoms with E-state index < -0.39 is 0 Å². The fourth-order valence-corrected chi connectivity index (χ4v) is 6.34. The quantitative estimate of drug-likeness (QED) is 0.241. The minimum absolute atomic E-state index is 0.863. The van der Waals surface area contributed by atoms with Crippen LogP contribution in [0.5, 0.6) is 0 Å². The van der Waals surface area contributed by atoms with E-state index in [2.05, 4.69) is 125 Å². The van der Waals surface area contributed by atoms with Gasteiger partial charge in [0.1, 0.15) is 11.2 Å². The third kappa shape index (κ3) is 3.36. The molecule has 0 atom stereocenters. The van der Waals surface area contributed by atoms with Gasteiger partial charge in [0.2, 0.25) is 5.71 Å². The molecule has 0 aliphatic rings. The van der Waals surface area contributed by atoms with Crippen molar-refractivity contribution in [3.8, 4) is 16.8 Å². The number of furan rings is 2. The molecule has 0 aliphatic heterocycles. The van der Waals surface area contributed by atoms with Gasteiger partial charge >= 0.3 is 0 Å². The topological polar surface area (TPSA) is 43.2 Å². The Morgan fingerprint density at radius 1 is 0.500 bits per heavy atom. The summed E-state index contributed by atoms with van der Waals surface area (Å²) in [6.07, 6.45) is 0. The fraction of sp³-hybridized carbons (Fsp3) is 0. The second kappa shape index (κ2) is 8.88. The van der Waals surface area contributed by atoms with Crippen molar-refractivity contribution in [2.24, 2.45) is 0 Å². The Morgan fingerprint density at radius 3 is 2.10 bits per heavy atom. The van der Waals surface area contributed by atoms with Crippen LogP contribution in [0.1, 0.15) is 0 Å². The largest absolute Gasteiger partial charge is 0.454 e. The van der Waals surface area contributed by atoms with Crippen LogP contribution in [0.4, 0.5) is 11.4 Å². The third-order valence-corrected chi connectivity index (χ3v) is 8.21. The van der Waals surface area contributed by atoms with Crippen LogP contribution < -0.4 is 5.32 Å². The Labute approximate surface area is 241 Å². The average molecular weight is 541 g/mol. The van der Waals surface area contributed by atoms with Gasteiger partial charge in [-0.3, -0.25) is 4.57 Å². The molecule has 0 spiro atoms. The maximum absolute atomic E-state index is 6.59. The standard InChI is InChI=1S/C38H24N2O2/c1-2-10-26(11-3-1)40-32-17-6-4-13-30(32)36-35-27(14-9-19-34(35)42-38(36)40)24-20-22-25(23-21-24)39-31-16-8-15-29-28-12-5-7-18-33(28)41-37(29)31/h1-23,39H. The molecular weight excluding hydrogens is 516 g/mol. The molecule has 42 heavy (non-hydrogen) atoms. The summed E-state index contributed by atoms with van der Waals surface area (Å²) in [7, 11) is 0. The maximum Gasteiger partial charge on any atom is 0.213 e. The Bertz CT molecular complexity index is 2430. The summed E-state index contributed by atoms with van der Waals surface area (Å²) in [5.74, 6) is 0. The van der Waals surface area contributed by atoms with Crippen LogP contribution in [-0.2, 0) is 0 Å². The zero-order valence-corrected chi connectivity index (χ0v) is 22.5. The molecule has 198 valence electrons. The number of hydrogen-bond acceptors (Lipinski definition) is 3. The van der Waals surface area contributed by atoms with Crippen molar-refractivity contribution < 1.29 is 8.83 Å². The third-order valence-electron chi connectivity index (χ3n) is 8.21. The number of aromatic nitrogens is 1. The highest BCUT2D eigenvalue weighted by atomic mass is 16.3. The summed E-state index contributed by atoms with van der Waals surface area (Å²) in [4.78, 5) is 0. The van der Waals surface area contributed by atoms with Gasteiger partial charge in [-0.15, -0.1) is 0 Å². The van der Waals surface area contributed by atoms with Gasteiger partial charge in [-0.1, -0.05) is 91.0 Å². The first-order chi connectivity index (χ1) is 20.8. The lowest BCUT2D eigenvalue weighted by Crippen LogP contribution is -1.91. The number of nitrogens with one attached hydrogen (secondary N) is 1. The van der Waals surface area contributed by atoms with Crippen molar-refractivity contribution in [1.29, 1.82) is 0 Å². The Morgan fingerprint density at radius 2 is 1.21 bits per heavy atom. The molecule has 0 radical (unpaired) electrons. The number of benzene rings is 6.